The number of nitrogens with one attached hydrogen (secondary N) is 1. The first-order valence-corrected chi connectivity index (χ1v) is 6.27. The Kier molecular flexibility index (Phi) is 3.99. The number of aliphatic hydroxyl groups is 1. The molecule has 2 rings (SSSR count). The highest BCUT2D eigenvalue weighted by Gasteiger charge is 2.09. The molecule has 0 fully saturated rings. The molecule has 1 atom stereocenters. The van der Waals surface area contributed by atoms with Gasteiger partial charge in [-0.1, -0.05) is 6.92 Å². The molecule has 1 aromatic heterocycles. The Hall–Kier alpha value is -1.81. The van der Waals surface area contributed by atoms with E-state index in [1.54, 1.807) is 6.20 Å². The van der Waals surface area contributed by atoms with E-state index < -0.39 is 0 Å². The van der Waals surface area contributed by atoms with Crippen molar-refractivity contribution in [3.8, 4) is 0 Å². The number of benzene rings is 1. The normalized spacial score (nSPS) is 12.6. The van der Waals surface area contributed by atoms with Crippen molar-refractivity contribution in [3.63, 3.8) is 0 Å². The smallest absolute Gasteiger partial charge is 0.0724 e. The van der Waals surface area contributed by atoms with E-state index in [1.807, 2.05) is 24.3 Å². The van der Waals surface area contributed by atoms with Crippen LogP contribution in [0.1, 0.15) is 19.8 Å². The lowest BCUT2D eigenvalue weighted by Crippen LogP contribution is -2.20. The summed E-state index contributed by atoms with van der Waals surface area (Å²) in [6.45, 7) is 2.27. The quantitative estimate of drug-likeness (QED) is 0.707. The molecule has 0 aliphatic heterocycles. The molecule has 1 aromatic carbocycles. The van der Waals surface area contributed by atoms with Gasteiger partial charge >= 0.3 is 0 Å². The molecule has 4 N–H and O–H groups in total. The van der Waals surface area contributed by atoms with Gasteiger partial charge in [0.2, 0.25) is 0 Å². The predicted molar refractivity (Wildman–Crippen MR) is 75.6 cm³/mol. The lowest BCUT2D eigenvalue weighted by atomic mass is 10.1. The number of hydrogen-bond donors (Lipinski definition) is 3. The minimum atomic E-state index is 0.181. The maximum atomic E-state index is 9.01. The maximum Gasteiger partial charge on any atom is 0.0724 e. The molecule has 0 aliphatic rings. The minimum absolute atomic E-state index is 0.181. The van der Waals surface area contributed by atoms with Gasteiger partial charge in [-0.05, 0) is 37.1 Å². The molecule has 0 bridgehead atoms. The van der Waals surface area contributed by atoms with Crippen LogP contribution in [0.2, 0.25) is 0 Å². The van der Waals surface area contributed by atoms with Crippen LogP contribution >= 0.6 is 0 Å². The highest BCUT2D eigenvalue weighted by molar-refractivity contribution is 5.96. The summed E-state index contributed by atoms with van der Waals surface area (Å²) in [5.74, 6) is 0. The molecule has 0 radical (unpaired) electrons. The van der Waals surface area contributed by atoms with Gasteiger partial charge in [0.25, 0.3) is 0 Å². The maximum absolute atomic E-state index is 9.01. The van der Waals surface area contributed by atoms with Crippen molar-refractivity contribution >= 4 is 22.3 Å². The number of nitrogens with two attached hydrogens (primary N) is 1. The van der Waals surface area contributed by atoms with E-state index in [2.05, 4.69) is 17.2 Å². The topological polar surface area (TPSA) is 71.2 Å². The fourth-order valence-corrected chi connectivity index (χ4v) is 2.06. The van der Waals surface area contributed by atoms with Crippen LogP contribution in [0.25, 0.3) is 10.9 Å². The summed E-state index contributed by atoms with van der Waals surface area (Å²) < 4.78 is 0. The van der Waals surface area contributed by atoms with E-state index in [0.717, 1.165) is 35.1 Å². The third-order valence-electron chi connectivity index (χ3n) is 3.16. The molecular weight excluding hydrogens is 226 g/mol. The Labute approximate surface area is 107 Å². The van der Waals surface area contributed by atoms with Gasteiger partial charge in [-0.15, -0.1) is 0 Å². The van der Waals surface area contributed by atoms with Crippen molar-refractivity contribution in [2.24, 2.45) is 0 Å². The predicted octanol–water partition coefficient (Wildman–Crippen LogP) is 2.39. The second-order valence-electron chi connectivity index (χ2n) is 4.36. The van der Waals surface area contributed by atoms with Crippen LogP contribution in [-0.2, 0) is 0 Å². The summed E-state index contributed by atoms with van der Waals surface area (Å²) in [7, 11) is 0. The molecular formula is C14H19N3O. The third-order valence-corrected chi connectivity index (χ3v) is 3.16. The van der Waals surface area contributed by atoms with E-state index in [1.165, 1.54) is 0 Å². The first-order valence-electron chi connectivity index (χ1n) is 6.27. The summed E-state index contributed by atoms with van der Waals surface area (Å²) >= 11 is 0. The molecule has 4 heteroatoms. The van der Waals surface area contributed by atoms with Crippen molar-refractivity contribution < 1.29 is 5.11 Å². The second-order valence-corrected chi connectivity index (χ2v) is 4.36. The number of rotatable bonds is 5. The fourth-order valence-electron chi connectivity index (χ4n) is 2.06. The Balaban J connectivity index is 2.31. The van der Waals surface area contributed by atoms with Crippen LogP contribution in [0.15, 0.2) is 30.5 Å². The number of aliphatic hydroxyl groups excluding tert-OH is 1. The number of aromatic nitrogens is 1. The summed E-state index contributed by atoms with van der Waals surface area (Å²) in [5, 5.41) is 13.3. The first kappa shape index (κ1) is 12.6. The van der Waals surface area contributed by atoms with Gasteiger partial charge in [-0.2, -0.15) is 0 Å². The van der Waals surface area contributed by atoms with Crippen molar-refractivity contribution in [2.75, 3.05) is 17.7 Å². The summed E-state index contributed by atoms with van der Waals surface area (Å²) in [5.41, 5.74) is 8.68. The lowest BCUT2D eigenvalue weighted by Gasteiger charge is -2.19. The van der Waals surface area contributed by atoms with Gasteiger partial charge in [0.05, 0.1) is 16.9 Å². The van der Waals surface area contributed by atoms with Crippen molar-refractivity contribution in [2.45, 2.75) is 25.8 Å². The highest BCUT2D eigenvalue weighted by Crippen LogP contribution is 2.28. The third kappa shape index (κ3) is 2.54. The minimum Gasteiger partial charge on any atom is -0.397 e. The number of nitrogens with zero attached hydrogens (tertiary/aromatic N) is 1. The Morgan fingerprint density at radius 1 is 1.39 bits per heavy atom. The van der Waals surface area contributed by atoms with Crippen LogP contribution < -0.4 is 11.1 Å². The summed E-state index contributed by atoms with van der Waals surface area (Å²) in [6.07, 6.45) is 3.43. The Morgan fingerprint density at radius 2 is 2.22 bits per heavy atom. The van der Waals surface area contributed by atoms with Crippen molar-refractivity contribution in [3.05, 3.63) is 30.5 Å². The van der Waals surface area contributed by atoms with Crippen molar-refractivity contribution in [1.82, 2.24) is 4.98 Å². The Morgan fingerprint density at radius 3 is 2.94 bits per heavy atom. The van der Waals surface area contributed by atoms with Crippen LogP contribution in [0.3, 0.4) is 0 Å². The fraction of sp³-hybridized carbons (Fsp3) is 0.357. The number of pyridine rings is 1. The molecule has 0 aliphatic carbocycles. The monoisotopic (exact) mass is 245 g/mol. The van der Waals surface area contributed by atoms with Crippen molar-refractivity contribution in [1.29, 1.82) is 0 Å². The SMILES string of the molecule is CCC(CCO)Nc1ccc2ncccc2c1N. The van der Waals surface area contributed by atoms with Gasteiger partial charge in [0.15, 0.2) is 0 Å². The summed E-state index contributed by atoms with van der Waals surface area (Å²) in [6, 6.07) is 8.00. The van der Waals surface area contributed by atoms with Gasteiger partial charge in [-0.25, -0.2) is 0 Å². The molecule has 1 heterocycles. The van der Waals surface area contributed by atoms with E-state index >= 15 is 0 Å². The molecule has 0 saturated carbocycles. The van der Waals surface area contributed by atoms with E-state index in [0.29, 0.717) is 0 Å². The van der Waals surface area contributed by atoms with Gasteiger partial charge < -0.3 is 16.2 Å². The van der Waals surface area contributed by atoms with E-state index in [4.69, 9.17) is 10.8 Å². The molecule has 2 aromatic rings. The molecule has 96 valence electrons. The lowest BCUT2D eigenvalue weighted by molar-refractivity contribution is 0.278. The molecule has 0 amide bonds. The largest absolute Gasteiger partial charge is 0.397 e. The van der Waals surface area contributed by atoms with Crippen LogP contribution in [0.4, 0.5) is 11.4 Å². The highest BCUT2D eigenvalue weighted by atomic mass is 16.3. The van der Waals surface area contributed by atoms with Crippen LogP contribution in [-0.4, -0.2) is 22.7 Å². The number of hydrogen-bond acceptors (Lipinski definition) is 4. The first-order chi connectivity index (χ1) is 8.76. The molecule has 18 heavy (non-hydrogen) atoms. The molecule has 0 saturated heterocycles. The number of fused-ring (bicyclic) bond motifs is 1. The Bertz CT molecular complexity index is 527. The zero-order valence-electron chi connectivity index (χ0n) is 10.6. The van der Waals surface area contributed by atoms with Crippen LogP contribution in [0, 0.1) is 0 Å². The van der Waals surface area contributed by atoms with E-state index in [9.17, 15) is 0 Å². The second kappa shape index (κ2) is 5.69. The number of anilines is 2. The average Bonchev–Trinajstić information content (AvgIpc) is 2.41. The molecule has 1 unspecified atom stereocenters. The standard InChI is InChI=1S/C14H19N3O/c1-2-10(7-9-18)17-13-6-5-12-11(14(13)15)4-3-8-16-12/h3-6,8,10,17-18H,2,7,9,15H2,1H3. The zero-order valence-corrected chi connectivity index (χ0v) is 10.6. The van der Waals surface area contributed by atoms with Gasteiger partial charge in [-0.3, -0.25) is 4.98 Å². The van der Waals surface area contributed by atoms with Crippen LogP contribution in [0.5, 0.6) is 0 Å². The van der Waals surface area contributed by atoms with E-state index in [-0.39, 0.29) is 12.6 Å². The van der Waals surface area contributed by atoms with Gasteiger partial charge in [0, 0.05) is 24.2 Å². The zero-order chi connectivity index (χ0) is 13.0. The summed E-state index contributed by atoms with van der Waals surface area (Å²) in [4.78, 5) is 4.27. The molecule has 0 spiro atoms. The molecule has 4 nitrogen and oxygen atoms in total. The average molecular weight is 245 g/mol. The number of nitrogen functional groups attached to an aromatic ring is 1. The van der Waals surface area contributed by atoms with Gasteiger partial charge in [0.1, 0.15) is 0 Å².